The Morgan fingerprint density at radius 1 is 1.24 bits per heavy atom. The summed E-state index contributed by atoms with van der Waals surface area (Å²) in [5.74, 6) is 0.916. The molecule has 0 spiro atoms. The van der Waals surface area contributed by atoms with Gasteiger partial charge >= 0.3 is 6.18 Å². The molecular formula is C22H27F3N4. The van der Waals surface area contributed by atoms with Crippen molar-refractivity contribution in [2.75, 3.05) is 32.5 Å². The molecule has 1 saturated heterocycles. The molecule has 1 aromatic heterocycles. The molecule has 2 aromatic rings. The van der Waals surface area contributed by atoms with Crippen molar-refractivity contribution in [1.82, 2.24) is 14.8 Å². The number of nitrogens with one attached hydrogen (secondary N) is 2. The van der Waals surface area contributed by atoms with Crippen molar-refractivity contribution in [3.8, 4) is 0 Å². The van der Waals surface area contributed by atoms with Crippen molar-refractivity contribution in [3.63, 3.8) is 0 Å². The molecule has 0 bridgehead atoms. The second-order valence-corrected chi connectivity index (χ2v) is 7.35. The average molecular weight is 404 g/mol. The number of rotatable bonds is 7. The van der Waals surface area contributed by atoms with E-state index in [2.05, 4.69) is 33.3 Å². The lowest BCUT2D eigenvalue weighted by Crippen LogP contribution is -2.37. The van der Waals surface area contributed by atoms with Gasteiger partial charge in [0.15, 0.2) is 0 Å². The molecule has 4 nitrogen and oxygen atoms in total. The zero-order valence-electron chi connectivity index (χ0n) is 16.8. The summed E-state index contributed by atoms with van der Waals surface area (Å²) in [7, 11) is 3.86. The van der Waals surface area contributed by atoms with Crippen LogP contribution in [0.25, 0.3) is 11.4 Å². The molecule has 29 heavy (non-hydrogen) atoms. The van der Waals surface area contributed by atoms with Gasteiger partial charge in [-0.3, -0.25) is 0 Å². The Morgan fingerprint density at radius 2 is 1.93 bits per heavy atom. The lowest BCUT2D eigenvalue weighted by molar-refractivity contribution is -0.137. The molecule has 1 fully saturated rings. The van der Waals surface area contributed by atoms with Crippen LogP contribution in [0.3, 0.4) is 0 Å². The molecule has 0 amide bonds. The summed E-state index contributed by atoms with van der Waals surface area (Å²) in [5.41, 5.74) is 2.76. The van der Waals surface area contributed by atoms with Gasteiger partial charge in [0.1, 0.15) is 5.82 Å². The Hall–Kier alpha value is -2.83. The van der Waals surface area contributed by atoms with Crippen molar-refractivity contribution >= 4 is 17.2 Å². The van der Waals surface area contributed by atoms with E-state index >= 15 is 0 Å². The maximum atomic E-state index is 12.8. The Kier molecular flexibility index (Phi) is 5.96. The number of aromatic amines is 1. The van der Waals surface area contributed by atoms with E-state index in [0.29, 0.717) is 0 Å². The summed E-state index contributed by atoms with van der Waals surface area (Å²) in [6.07, 6.45) is -0.433. The maximum Gasteiger partial charge on any atom is 0.416 e. The first-order valence-electron chi connectivity index (χ1n) is 9.61. The van der Waals surface area contributed by atoms with Crippen LogP contribution in [0, 0.1) is 0 Å². The molecule has 0 saturated carbocycles. The lowest BCUT2D eigenvalue weighted by Gasteiger charge is -2.33. The molecule has 7 heteroatoms. The first-order valence-corrected chi connectivity index (χ1v) is 9.61. The summed E-state index contributed by atoms with van der Waals surface area (Å²) in [5, 5.41) is 3.12. The predicted octanol–water partition coefficient (Wildman–Crippen LogP) is 5.11. The number of benzene rings is 1. The molecule has 1 atom stereocenters. The minimum absolute atomic E-state index is 0.225. The second kappa shape index (κ2) is 8.27. The van der Waals surface area contributed by atoms with Gasteiger partial charge in [-0.05, 0) is 36.6 Å². The Bertz CT molecular complexity index is 867. The fraction of sp³-hybridized carbons (Fsp3) is 0.364. The van der Waals surface area contributed by atoms with Crippen LogP contribution in [0.1, 0.15) is 29.5 Å². The Balaban J connectivity index is 1.69. The SMILES string of the molecule is C=C(c1cc[nH]c1NC)N(C)CC1CCCN1C(=C)c1ccc(C(F)(F)F)cc1. The third kappa shape index (κ3) is 4.44. The van der Waals surface area contributed by atoms with E-state index in [1.165, 1.54) is 12.1 Å². The topological polar surface area (TPSA) is 34.3 Å². The molecule has 3 rings (SSSR count). The number of hydrogen-bond acceptors (Lipinski definition) is 3. The second-order valence-electron chi connectivity index (χ2n) is 7.35. The summed E-state index contributed by atoms with van der Waals surface area (Å²) < 4.78 is 38.5. The van der Waals surface area contributed by atoms with Crippen molar-refractivity contribution in [3.05, 3.63) is 66.4 Å². The highest BCUT2D eigenvalue weighted by atomic mass is 19.4. The minimum Gasteiger partial charge on any atom is -0.374 e. The molecule has 2 N–H and O–H groups in total. The zero-order chi connectivity index (χ0) is 21.2. The van der Waals surface area contributed by atoms with Gasteiger partial charge in [-0.25, -0.2) is 0 Å². The van der Waals surface area contributed by atoms with Gasteiger partial charge in [-0.1, -0.05) is 25.3 Å². The summed E-state index contributed by atoms with van der Waals surface area (Å²) >= 11 is 0. The monoisotopic (exact) mass is 404 g/mol. The third-order valence-electron chi connectivity index (χ3n) is 5.52. The quantitative estimate of drug-likeness (QED) is 0.673. The van der Waals surface area contributed by atoms with Crippen LogP contribution in [0.2, 0.25) is 0 Å². The zero-order valence-corrected chi connectivity index (χ0v) is 16.8. The molecule has 2 heterocycles. The van der Waals surface area contributed by atoms with Crippen LogP contribution in [-0.4, -0.2) is 48.0 Å². The van der Waals surface area contributed by atoms with Crippen molar-refractivity contribution in [1.29, 1.82) is 0 Å². The van der Waals surface area contributed by atoms with Gasteiger partial charge in [0.2, 0.25) is 0 Å². The number of anilines is 1. The number of aromatic nitrogens is 1. The smallest absolute Gasteiger partial charge is 0.374 e. The number of likely N-dealkylation sites (tertiary alicyclic amines) is 1. The van der Waals surface area contributed by atoms with Crippen LogP contribution in [0.4, 0.5) is 19.0 Å². The summed E-state index contributed by atoms with van der Waals surface area (Å²) in [6, 6.07) is 7.45. The molecule has 156 valence electrons. The average Bonchev–Trinajstić information content (AvgIpc) is 3.35. The third-order valence-corrected chi connectivity index (χ3v) is 5.52. The highest BCUT2D eigenvalue weighted by Gasteiger charge is 2.31. The molecule has 1 unspecified atom stereocenters. The van der Waals surface area contributed by atoms with Gasteiger partial charge in [-0.15, -0.1) is 0 Å². The van der Waals surface area contributed by atoms with Crippen molar-refractivity contribution in [2.45, 2.75) is 25.1 Å². The van der Waals surface area contributed by atoms with Crippen LogP contribution in [-0.2, 0) is 6.18 Å². The van der Waals surface area contributed by atoms with Gasteiger partial charge in [-0.2, -0.15) is 13.2 Å². The molecular weight excluding hydrogens is 377 g/mol. The summed E-state index contributed by atoms with van der Waals surface area (Å²) in [6.45, 7) is 9.99. The van der Waals surface area contributed by atoms with Gasteiger partial charge < -0.3 is 20.1 Å². The lowest BCUT2D eigenvalue weighted by atomic mass is 10.1. The van der Waals surface area contributed by atoms with E-state index < -0.39 is 11.7 Å². The first-order chi connectivity index (χ1) is 13.7. The number of likely N-dealkylation sites (N-methyl/N-ethyl adjacent to an activating group) is 1. The number of halogens is 3. The number of nitrogens with zero attached hydrogens (tertiary/aromatic N) is 2. The number of alkyl halides is 3. The molecule has 1 aliphatic rings. The normalized spacial score (nSPS) is 16.7. The highest BCUT2D eigenvalue weighted by molar-refractivity contribution is 5.72. The fourth-order valence-corrected chi connectivity index (χ4v) is 3.85. The standard InChI is InChI=1S/C22H27F3N4/c1-15(17-7-9-18(10-8-17)22(23,24)25)29-13-5-6-19(29)14-28(4)16(2)20-11-12-27-21(20)26-3/h7-12,19,26-27H,1-2,5-6,13-14H2,3-4H3. The van der Waals surface area contributed by atoms with Crippen LogP contribution in [0.5, 0.6) is 0 Å². The van der Waals surface area contributed by atoms with Crippen LogP contribution in [0.15, 0.2) is 49.7 Å². The highest BCUT2D eigenvalue weighted by Crippen LogP contribution is 2.33. The van der Waals surface area contributed by atoms with Gasteiger partial charge in [0.05, 0.1) is 5.56 Å². The van der Waals surface area contributed by atoms with E-state index in [-0.39, 0.29) is 6.04 Å². The molecule has 0 aliphatic carbocycles. The summed E-state index contributed by atoms with van der Waals surface area (Å²) in [4.78, 5) is 7.46. The fourth-order valence-electron chi connectivity index (χ4n) is 3.85. The molecule has 0 radical (unpaired) electrons. The number of H-pyrrole nitrogens is 1. The van der Waals surface area contributed by atoms with Crippen LogP contribution < -0.4 is 5.32 Å². The van der Waals surface area contributed by atoms with Crippen molar-refractivity contribution < 1.29 is 13.2 Å². The van der Waals surface area contributed by atoms with E-state index in [1.807, 2.05) is 26.4 Å². The van der Waals surface area contributed by atoms with E-state index in [9.17, 15) is 13.2 Å². The first kappa shape index (κ1) is 20.9. The largest absolute Gasteiger partial charge is 0.416 e. The van der Waals surface area contributed by atoms with Crippen molar-refractivity contribution in [2.24, 2.45) is 0 Å². The molecule has 1 aliphatic heterocycles. The van der Waals surface area contributed by atoms with Crippen LogP contribution >= 0.6 is 0 Å². The van der Waals surface area contributed by atoms with E-state index in [0.717, 1.165) is 66.4 Å². The van der Waals surface area contributed by atoms with E-state index in [1.54, 1.807) is 0 Å². The Labute approximate surface area is 169 Å². The minimum atomic E-state index is -4.33. The molecule has 1 aromatic carbocycles. The maximum absolute atomic E-state index is 12.8. The predicted molar refractivity (Wildman–Crippen MR) is 112 cm³/mol. The van der Waals surface area contributed by atoms with Gasteiger partial charge in [0.25, 0.3) is 0 Å². The number of hydrogen-bond donors (Lipinski definition) is 2. The van der Waals surface area contributed by atoms with E-state index in [4.69, 9.17) is 0 Å². The van der Waals surface area contributed by atoms with Gasteiger partial charge in [0, 0.05) is 56.4 Å². The Morgan fingerprint density at radius 3 is 2.55 bits per heavy atom.